The molecule has 0 amide bonds. The van der Waals surface area contributed by atoms with E-state index in [1.807, 2.05) is 0 Å². The average molecular weight is 251 g/mol. The van der Waals surface area contributed by atoms with Crippen molar-refractivity contribution in [3.63, 3.8) is 0 Å². The van der Waals surface area contributed by atoms with E-state index in [9.17, 15) is 0 Å². The third kappa shape index (κ3) is 2.71. The van der Waals surface area contributed by atoms with Crippen molar-refractivity contribution in [2.24, 2.45) is 5.92 Å². The van der Waals surface area contributed by atoms with E-state index in [0.29, 0.717) is 5.92 Å². The van der Waals surface area contributed by atoms with E-state index in [0.717, 1.165) is 19.0 Å². The summed E-state index contributed by atoms with van der Waals surface area (Å²) >= 11 is 0. The van der Waals surface area contributed by atoms with E-state index < -0.39 is 0 Å². The van der Waals surface area contributed by atoms with Gasteiger partial charge in [-0.3, -0.25) is 0 Å². The molecule has 0 spiro atoms. The van der Waals surface area contributed by atoms with Gasteiger partial charge in [0, 0.05) is 0 Å². The minimum absolute atomic E-state index is 0.699. The monoisotopic (exact) mass is 251 g/mol. The van der Waals surface area contributed by atoms with E-state index >= 15 is 0 Å². The summed E-state index contributed by atoms with van der Waals surface area (Å²) in [6.45, 7) is 4.64. The van der Waals surface area contributed by atoms with Gasteiger partial charge < -0.3 is 5.32 Å². The fourth-order valence-electron chi connectivity index (χ4n) is 3.09. The van der Waals surface area contributed by atoms with Gasteiger partial charge in [0.1, 0.15) is 0 Å². The lowest BCUT2D eigenvalue weighted by atomic mass is 9.81. The first-order valence-corrected chi connectivity index (χ1v) is 7.21. The average Bonchev–Trinajstić information content (AvgIpc) is 2.49. The lowest BCUT2D eigenvalue weighted by Crippen LogP contribution is -2.33. The largest absolute Gasteiger partial charge is 0.316 e. The number of hydrogen-bond acceptors (Lipinski definition) is 1. The van der Waals surface area contributed by atoms with Gasteiger partial charge in [0.2, 0.25) is 0 Å². The van der Waals surface area contributed by atoms with Crippen LogP contribution < -0.4 is 5.32 Å². The zero-order valence-electron chi connectivity index (χ0n) is 11.5. The smallest absolute Gasteiger partial charge is 0.00173 e. The highest BCUT2D eigenvalue weighted by atomic mass is 14.9. The Hall–Kier alpha value is -1.60. The van der Waals surface area contributed by atoms with Crippen LogP contribution in [-0.4, -0.2) is 13.1 Å². The third-order valence-electron chi connectivity index (χ3n) is 4.21. The van der Waals surface area contributed by atoms with Crippen LogP contribution in [-0.2, 0) is 0 Å². The van der Waals surface area contributed by atoms with Crippen LogP contribution in [0.25, 0.3) is 11.1 Å². The SMILES string of the molecule is C[C@H]1CNCC[C@H]1c1cccc(-c2ccccc2)c1. The number of hydrogen-bond donors (Lipinski definition) is 1. The second-order valence-electron chi connectivity index (χ2n) is 5.57. The molecule has 1 fully saturated rings. The molecule has 1 saturated heterocycles. The highest BCUT2D eigenvalue weighted by Crippen LogP contribution is 2.32. The van der Waals surface area contributed by atoms with Gasteiger partial charge in [-0.1, -0.05) is 61.5 Å². The van der Waals surface area contributed by atoms with Crippen LogP contribution in [0.4, 0.5) is 0 Å². The Morgan fingerprint density at radius 2 is 1.74 bits per heavy atom. The van der Waals surface area contributed by atoms with Gasteiger partial charge in [-0.25, -0.2) is 0 Å². The van der Waals surface area contributed by atoms with Crippen molar-refractivity contribution in [2.75, 3.05) is 13.1 Å². The van der Waals surface area contributed by atoms with Crippen molar-refractivity contribution in [2.45, 2.75) is 19.3 Å². The molecule has 0 bridgehead atoms. The number of rotatable bonds is 2. The van der Waals surface area contributed by atoms with Gasteiger partial charge in [-0.05, 0) is 48.0 Å². The molecule has 2 aromatic rings. The van der Waals surface area contributed by atoms with Gasteiger partial charge >= 0.3 is 0 Å². The lowest BCUT2D eigenvalue weighted by Gasteiger charge is -2.30. The first-order valence-electron chi connectivity index (χ1n) is 7.21. The second-order valence-corrected chi connectivity index (χ2v) is 5.57. The Morgan fingerprint density at radius 1 is 0.947 bits per heavy atom. The van der Waals surface area contributed by atoms with Crippen LogP contribution >= 0.6 is 0 Å². The lowest BCUT2D eigenvalue weighted by molar-refractivity contribution is 0.349. The first kappa shape index (κ1) is 12.4. The summed E-state index contributed by atoms with van der Waals surface area (Å²) in [5.41, 5.74) is 4.14. The number of nitrogens with one attached hydrogen (secondary N) is 1. The van der Waals surface area contributed by atoms with E-state index in [4.69, 9.17) is 0 Å². The van der Waals surface area contributed by atoms with E-state index in [1.54, 1.807) is 0 Å². The summed E-state index contributed by atoms with van der Waals surface area (Å²) < 4.78 is 0. The zero-order valence-corrected chi connectivity index (χ0v) is 11.5. The molecule has 0 saturated carbocycles. The molecule has 1 aliphatic heterocycles. The van der Waals surface area contributed by atoms with Crippen molar-refractivity contribution in [3.8, 4) is 11.1 Å². The molecule has 1 heterocycles. The molecular weight excluding hydrogens is 230 g/mol. The van der Waals surface area contributed by atoms with Crippen molar-refractivity contribution < 1.29 is 0 Å². The first-order chi connectivity index (χ1) is 9.34. The molecular formula is C18H21N. The molecule has 0 aromatic heterocycles. The molecule has 0 radical (unpaired) electrons. The van der Waals surface area contributed by atoms with Crippen LogP contribution in [0.1, 0.15) is 24.8 Å². The molecule has 2 aromatic carbocycles. The molecule has 0 aliphatic carbocycles. The molecule has 1 nitrogen and oxygen atoms in total. The van der Waals surface area contributed by atoms with Crippen molar-refractivity contribution >= 4 is 0 Å². The summed E-state index contributed by atoms with van der Waals surface area (Å²) in [7, 11) is 0. The second kappa shape index (κ2) is 5.58. The van der Waals surface area contributed by atoms with Crippen molar-refractivity contribution in [1.29, 1.82) is 0 Å². The van der Waals surface area contributed by atoms with Crippen LogP contribution in [0.3, 0.4) is 0 Å². The van der Waals surface area contributed by atoms with Crippen LogP contribution in [0.15, 0.2) is 54.6 Å². The van der Waals surface area contributed by atoms with E-state index in [2.05, 4.69) is 66.8 Å². The Balaban J connectivity index is 1.91. The molecule has 1 heteroatoms. The van der Waals surface area contributed by atoms with E-state index in [1.165, 1.54) is 23.1 Å². The standard InChI is InChI=1S/C18H21N/c1-14-13-19-11-10-18(14)17-9-5-8-16(12-17)15-6-3-2-4-7-15/h2-9,12,14,18-19H,10-11,13H2,1H3/t14-,18+/m0/s1. The predicted octanol–water partition coefficient (Wildman–Crippen LogP) is 4.07. The van der Waals surface area contributed by atoms with Crippen LogP contribution in [0, 0.1) is 5.92 Å². The summed E-state index contributed by atoms with van der Waals surface area (Å²) in [6.07, 6.45) is 1.25. The van der Waals surface area contributed by atoms with Crippen molar-refractivity contribution in [1.82, 2.24) is 5.32 Å². The quantitative estimate of drug-likeness (QED) is 0.848. The molecule has 0 unspecified atom stereocenters. The molecule has 1 N–H and O–H groups in total. The van der Waals surface area contributed by atoms with Gasteiger partial charge in [0.25, 0.3) is 0 Å². The Labute approximate surface area is 115 Å². The molecule has 3 rings (SSSR count). The van der Waals surface area contributed by atoms with Gasteiger partial charge in [-0.15, -0.1) is 0 Å². The minimum atomic E-state index is 0.699. The normalized spacial score (nSPS) is 23.2. The fourth-order valence-corrected chi connectivity index (χ4v) is 3.09. The highest BCUT2D eigenvalue weighted by Gasteiger charge is 2.22. The molecule has 1 aliphatic rings. The Bertz CT molecular complexity index is 532. The highest BCUT2D eigenvalue weighted by molar-refractivity contribution is 5.64. The Morgan fingerprint density at radius 3 is 2.53 bits per heavy atom. The summed E-state index contributed by atoms with van der Waals surface area (Å²) in [6, 6.07) is 19.7. The number of benzene rings is 2. The maximum atomic E-state index is 3.48. The molecule has 98 valence electrons. The van der Waals surface area contributed by atoms with Gasteiger partial charge in [0.05, 0.1) is 0 Å². The zero-order chi connectivity index (χ0) is 13.1. The topological polar surface area (TPSA) is 12.0 Å². The maximum Gasteiger partial charge on any atom is -0.00173 e. The molecule has 2 atom stereocenters. The molecule has 19 heavy (non-hydrogen) atoms. The minimum Gasteiger partial charge on any atom is -0.316 e. The van der Waals surface area contributed by atoms with E-state index in [-0.39, 0.29) is 0 Å². The Kier molecular flexibility index (Phi) is 3.65. The van der Waals surface area contributed by atoms with Gasteiger partial charge in [-0.2, -0.15) is 0 Å². The van der Waals surface area contributed by atoms with Crippen LogP contribution in [0.2, 0.25) is 0 Å². The maximum absolute atomic E-state index is 3.48. The summed E-state index contributed by atoms with van der Waals surface area (Å²) in [4.78, 5) is 0. The van der Waals surface area contributed by atoms with Crippen LogP contribution in [0.5, 0.6) is 0 Å². The summed E-state index contributed by atoms with van der Waals surface area (Å²) in [5, 5.41) is 3.48. The van der Waals surface area contributed by atoms with Crippen molar-refractivity contribution in [3.05, 3.63) is 60.2 Å². The number of piperidine rings is 1. The van der Waals surface area contributed by atoms with Gasteiger partial charge in [0.15, 0.2) is 0 Å². The third-order valence-corrected chi connectivity index (χ3v) is 4.21. The predicted molar refractivity (Wildman–Crippen MR) is 81.3 cm³/mol. The fraction of sp³-hybridized carbons (Fsp3) is 0.333. The summed E-state index contributed by atoms with van der Waals surface area (Å²) in [5.74, 6) is 1.42.